The van der Waals surface area contributed by atoms with Crippen LogP contribution in [0.2, 0.25) is 0 Å². The largest absolute Gasteiger partial charge is 0.461 e. The fraction of sp³-hybridized carbons (Fsp3) is 0.471. The van der Waals surface area contributed by atoms with Gasteiger partial charge in [-0.2, -0.15) is 5.10 Å². The van der Waals surface area contributed by atoms with E-state index >= 15 is 0 Å². The number of benzene rings is 1. The first-order chi connectivity index (χ1) is 10.3. The van der Waals surface area contributed by atoms with Gasteiger partial charge >= 0.3 is 5.97 Å². The molecule has 5 heteroatoms. The van der Waals surface area contributed by atoms with Gasteiger partial charge in [-0.05, 0) is 51.3 Å². The van der Waals surface area contributed by atoms with Gasteiger partial charge in [-0.1, -0.05) is 17.7 Å². The van der Waals surface area contributed by atoms with Crippen LogP contribution in [0.3, 0.4) is 0 Å². The highest BCUT2D eigenvalue weighted by Crippen LogP contribution is 2.17. The van der Waals surface area contributed by atoms with Gasteiger partial charge < -0.3 is 4.74 Å². The predicted molar refractivity (Wildman–Crippen MR) is 86.9 cm³/mol. The van der Waals surface area contributed by atoms with Crippen molar-refractivity contribution in [2.24, 2.45) is 5.10 Å². The zero-order valence-electron chi connectivity index (χ0n) is 14.2. The summed E-state index contributed by atoms with van der Waals surface area (Å²) >= 11 is 0. The zero-order valence-corrected chi connectivity index (χ0v) is 14.2. The van der Waals surface area contributed by atoms with Gasteiger partial charge in [-0.25, -0.2) is 9.80 Å². The molecule has 0 aliphatic heterocycles. The zero-order chi connectivity index (χ0) is 16.9. The van der Waals surface area contributed by atoms with Crippen LogP contribution in [0.4, 0.5) is 0 Å². The number of nitrogens with zero attached hydrogens (tertiary/aromatic N) is 2. The molecule has 1 rings (SSSR count). The van der Waals surface area contributed by atoms with Gasteiger partial charge in [0.1, 0.15) is 5.71 Å². The fourth-order valence-electron chi connectivity index (χ4n) is 2.31. The Hall–Kier alpha value is -2.17. The van der Waals surface area contributed by atoms with Crippen molar-refractivity contribution in [3.8, 4) is 0 Å². The Morgan fingerprint density at radius 1 is 1.18 bits per heavy atom. The second-order valence-corrected chi connectivity index (χ2v) is 5.38. The van der Waals surface area contributed by atoms with E-state index in [0.717, 1.165) is 16.7 Å². The molecule has 0 N–H and O–H groups in total. The van der Waals surface area contributed by atoms with E-state index in [4.69, 9.17) is 4.74 Å². The summed E-state index contributed by atoms with van der Waals surface area (Å²) in [7, 11) is 1.55. The van der Waals surface area contributed by atoms with E-state index in [1.165, 1.54) is 17.5 Å². The highest BCUT2D eigenvalue weighted by Gasteiger charge is 2.15. The molecule has 0 fully saturated rings. The second kappa shape index (κ2) is 7.73. The van der Waals surface area contributed by atoms with Crippen molar-refractivity contribution in [3.63, 3.8) is 0 Å². The lowest BCUT2D eigenvalue weighted by Crippen LogP contribution is -2.27. The quantitative estimate of drug-likeness (QED) is 0.477. The van der Waals surface area contributed by atoms with E-state index in [1.54, 1.807) is 14.0 Å². The number of likely N-dealkylation sites (N-methyl/N-ethyl adjacent to an activating group) is 1. The molecule has 0 saturated heterocycles. The molecule has 1 amide bonds. The number of esters is 1. The lowest BCUT2D eigenvalue weighted by atomic mass is 9.97. The number of amides is 1. The van der Waals surface area contributed by atoms with E-state index in [1.807, 2.05) is 20.8 Å². The van der Waals surface area contributed by atoms with Crippen molar-refractivity contribution >= 4 is 17.6 Å². The van der Waals surface area contributed by atoms with Crippen molar-refractivity contribution in [1.29, 1.82) is 0 Å². The molecule has 0 heterocycles. The Bertz CT molecular complexity index is 583. The summed E-state index contributed by atoms with van der Waals surface area (Å²) in [5.74, 6) is -0.677. The van der Waals surface area contributed by atoms with Crippen LogP contribution in [-0.4, -0.2) is 36.3 Å². The van der Waals surface area contributed by atoms with Crippen LogP contribution in [-0.2, 0) is 20.7 Å². The third-order valence-electron chi connectivity index (χ3n) is 3.40. The smallest absolute Gasteiger partial charge is 0.354 e. The molecular weight excluding hydrogens is 280 g/mol. The minimum absolute atomic E-state index is 0.162. The highest BCUT2D eigenvalue weighted by molar-refractivity contribution is 6.35. The van der Waals surface area contributed by atoms with Crippen LogP contribution in [0.15, 0.2) is 17.2 Å². The second-order valence-electron chi connectivity index (χ2n) is 5.38. The van der Waals surface area contributed by atoms with Gasteiger partial charge in [0.2, 0.25) is 5.91 Å². The maximum atomic E-state index is 12.3. The lowest BCUT2D eigenvalue weighted by molar-refractivity contribution is -0.135. The normalized spacial score (nSPS) is 11.3. The van der Waals surface area contributed by atoms with Crippen molar-refractivity contribution in [2.75, 3.05) is 13.7 Å². The van der Waals surface area contributed by atoms with E-state index in [9.17, 15) is 9.59 Å². The summed E-state index contributed by atoms with van der Waals surface area (Å²) in [5, 5.41) is 5.19. The first-order valence-corrected chi connectivity index (χ1v) is 7.31. The van der Waals surface area contributed by atoms with Gasteiger partial charge in [0.15, 0.2) is 0 Å². The van der Waals surface area contributed by atoms with Crippen molar-refractivity contribution < 1.29 is 14.3 Å². The van der Waals surface area contributed by atoms with Crippen LogP contribution < -0.4 is 0 Å². The summed E-state index contributed by atoms with van der Waals surface area (Å²) in [5.41, 5.74) is 4.52. The van der Waals surface area contributed by atoms with Crippen molar-refractivity contribution in [1.82, 2.24) is 5.01 Å². The molecule has 0 atom stereocenters. The van der Waals surface area contributed by atoms with E-state index < -0.39 is 5.97 Å². The van der Waals surface area contributed by atoms with Crippen molar-refractivity contribution in [2.45, 2.75) is 41.0 Å². The van der Waals surface area contributed by atoms with Crippen molar-refractivity contribution in [3.05, 3.63) is 34.4 Å². The topological polar surface area (TPSA) is 59.0 Å². The number of aryl methyl sites for hydroxylation is 3. The summed E-state index contributed by atoms with van der Waals surface area (Å²) in [6, 6.07) is 4.12. The molecule has 0 bridgehead atoms. The van der Waals surface area contributed by atoms with Crippen LogP contribution in [0.25, 0.3) is 0 Å². The fourth-order valence-corrected chi connectivity index (χ4v) is 2.31. The molecule has 5 nitrogen and oxygen atoms in total. The van der Waals surface area contributed by atoms with Crippen LogP contribution in [0, 0.1) is 20.8 Å². The Morgan fingerprint density at radius 3 is 2.23 bits per heavy atom. The number of carbonyl (C=O) groups excluding carboxylic acids is 2. The number of hydrazone groups is 1. The SMILES string of the molecule is CCOC(=O)C(C)=NN(C)C(=O)Cc1c(C)cc(C)cc1C. The number of carbonyl (C=O) groups is 2. The average molecular weight is 304 g/mol. The predicted octanol–water partition coefficient (Wildman–Crippen LogP) is 2.55. The van der Waals surface area contributed by atoms with Gasteiger partial charge in [0, 0.05) is 7.05 Å². The number of hydrogen-bond acceptors (Lipinski definition) is 4. The molecule has 120 valence electrons. The van der Waals surface area contributed by atoms with E-state index in [-0.39, 0.29) is 24.6 Å². The summed E-state index contributed by atoms with van der Waals surface area (Å²) in [4.78, 5) is 23.8. The third kappa shape index (κ3) is 4.69. The van der Waals surface area contributed by atoms with Crippen LogP contribution in [0.1, 0.15) is 36.1 Å². The Labute approximate surface area is 132 Å². The van der Waals surface area contributed by atoms with Gasteiger partial charge in [0.05, 0.1) is 13.0 Å². The maximum absolute atomic E-state index is 12.3. The molecule has 0 radical (unpaired) electrons. The molecule has 0 spiro atoms. The number of rotatable bonds is 5. The molecule has 0 saturated carbocycles. The Morgan fingerprint density at radius 2 is 1.73 bits per heavy atom. The first kappa shape index (κ1) is 17.9. The van der Waals surface area contributed by atoms with Crippen LogP contribution in [0.5, 0.6) is 0 Å². The van der Waals surface area contributed by atoms with E-state index in [0.29, 0.717) is 0 Å². The standard InChI is InChI=1S/C17H24N2O3/c1-7-22-17(21)14(5)18-19(6)16(20)10-15-12(3)8-11(2)9-13(15)4/h8-9H,7,10H2,1-6H3. The number of hydrogen-bond donors (Lipinski definition) is 0. The summed E-state index contributed by atoms with van der Waals surface area (Å²) < 4.78 is 4.85. The molecule has 0 aromatic heterocycles. The average Bonchev–Trinajstić information content (AvgIpc) is 2.42. The van der Waals surface area contributed by atoms with Crippen LogP contribution >= 0.6 is 0 Å². The number of ether oxygens (including phenoxy) is 1. The Balaban J connectivity index is 2.85. The van der Waals surface area contributed by atoms with Gasteiger partial charge in [0.25, 0.3) is 0 Å². The molecule has 1 aromatic carbocycles. The molecule has 22 heavy (non-hydrogen) atoms. The minimum atomic E-state index is -0.509. The van der Waals surface area contributed by atoms with Gasteiger partial charge in [-0.15, -0.1) is 0 Å². The molecule has 0 unspecified atom stereocenters. The summed E-state index contributed by atoms with van der Waals surface area (Å²) in [6.45, 7) is 9.56. The monoisotopic (exact) mass is 304 g/mol. The third-order valence-corrected chi connectivity index (χ3v) is 3.40. The maximum Gasteiger partial charge on any atom is 0.354 e. The lowest BCUT2D eigenvalue weighted by Gasteiger charge is -2.15. The minimum Gasteiger partial charge on any atom is -0.461 e. The highest BCUT2D eigenvalue weighted by atomic mass is 16.5. The first-order valence-electron chi connectivity index (χ1n) is 7.31. The van der Waals surface area contributed by atoms with E-state index in [2.05, 4.69) is 17.2 Å². The molecular formula is C17H24N2O3. The summed E-state index contributed by atoms with van der Waals surface area (Å²) in [6.07, 6.45) is 0.258. The molecule has 0 aliphatic carbocycles. The van der Waals surface area contributed by atoms with Gasteiger partial charge in [-0.3, -0.25) is 4.79 Å². The molecule has 0 aliphatic rings. The Kier molecular flexibility index (Phi) is 6.28. The molecule has 1 aromatic rings.